The van der Waals surface area contributed by atoms with Crippen LogP contribution in [0, 0.1) is 5.82 Å². The number of fused-ring (bicyclic) bond motifs is 2. The molecule has 1 aromatic carbocycles. The molecule has 7 nitrogen and oxygen atoms in total. The molecule has 2 bridgehead atoms. The third-order valence-corrected chi connectivity index (χ3v) is 7.64. The molecular formula is C23H27ClFN3O4S. The van der Waals surface area contributed by atoms with E-state index >= 15 is 0 Å². The van der Waals surface area contributed by atoms with Crippen molar-refractivity contribution in [3.63, 3.8) is 0 Å². The van der Waals surface area contributed by atoms with Crippen LogP contribution in [0.3, 0.4) is 0 Å². The summed E-state index contributed by atoms with van der Waals surface area (Å²) in [7, 11) is -3.24. The minimum absolute atomic E-state index is 0.0348. The zero-order valence-corrected chi connectivity index (χ0v) is 20.3. The normalized spacial score (nSPS) is 22.8. The number of anilines is 1. The second-order valence-corrected chi connectivity index (χ2v) is 11.7. The van der Waals surface area contributed by atoms with E-state index in [2.05, 4.69) is 15.2 Å². The van der Waals surface area contributed by atoms with Gasteiger partial charge in [0.15, 0.2) is 21.3 Å². The molecule has 178 valence electrons. The summed E-state index contributed by atoms with van der Waals surface area (Å²) in [6.45, 7) is 3.15. The zero-order chi connectivity index (χ0) is 24.0. The lowest BCUT2D eigenvalue weighted by molar-refractivity contribution is -0.135. The van der Waals surface area contributed by atoms with Gasteiger partial charge >= 0.3 is 0 Å². The van der Waals surface area contributed by atoms with Crippen molar-refractivity contribution >= 4 is 33.0 Å². The Hall–Kier alpha value is -2.39. The van der Waals surface area contributed by atoms with Gasteiger partial charge < -0.3 is 15.0 Å². The van der Waals surface area contributed by atoms with Gasteiger partial charge in [-0.25, -0.2) is 17.8 Å². The Bertz CT molecular complexity index is 1140. The molecule has 33 heavy (non-hydrogen) atoms. The number of carbonyl (C=O) groups excluding carboxylic acids is 1. The van der Waals surface area contributed by atoms with E-state index in [0.717, 1.165) is 37.4 Å². The lowest BCUT2D eigenvalue weighted by Gasteiger charge is -2.41. The molecule has 2 aliphatic rings. The first-order chi connectivity index (χ1) is 15.4. The summed E-state index contributed by atoms with van der Waals surface area (Å²) in [4.78, 5) is 19.4. The lowest BCUT2D eigenvalue weighted by atomic mass is 9.95. The Morgan fingerprint density at radius 2 is 1.82 bits per heavy atom. The van der Waals surface area contributed by atoms with Crippen LogP contribution in [0.5, 0.6) is 5.88 Å². The van der Waals surface area contributed by atoms with Crippen LogP contribution in [0.25, 0.3) is 0 Å². The summed E-state index contributed by atoms with van der Waals surface area (Å²) in [6.07, 6.45) is 6.00. The molecular weight excluding hydrogens is 469 g/mol. The first-order valence-electron chi connectivity index (χ1n) is 10.8. The van der Waals surface area contributed by atoms with E-state index in [1.165, 1.54) is 12.5 Å². The van der Waals surface area contributed by atoms with Crippen molar-refractivity contribution in [1.82, 2.24) is 10.3 Å². The molecule has 2 saturated heterocycles. The van der Waals surface area contributed by atoms with E-state index in [0.29, 0.717) is 4.90 Å². The van der Waals surface area contributed by atoms with E-state index in [1.807, 2.05) is 12.1 Å². The van der Waals surface area contributed by atoms with E-state index in [9.17, 15) is 17.6 Å². The van der Waals surface area contributed by atoms with E-state index in [1.54, 1.807) is 26.0 Å². The molecule has 2 aliphatic heterocycles. The van der Waals surface area contributed by atoms with Gasteiger partial charge in [0, 0.05) is 36.3 Å². The first-order valence-corrected chi connectivity index (χ1v) is 13.1. The number of ether oxygens (including phenoxy) is 1. The maximum absolute atomic E-state index is 14.1. The fraction of sp³-hybridized carbons (Fsp3) is 0.478. The SMILES string of the molecule is CC(C)(Oc1ncc(Cl)cc1F)C(=O)N[C@H]1C[C@H]2CC[C@@H](C1)N2c1ccc(S(C)(=O)=O)cc1. The number of rotatable bonds is 6. The average Bonchev–Trinajstić information content (AvgIpc) is 3.00. The highest BCUT2D eigenvalue weighted by Gasteiger charge is 2.43. The van der Waals surface area contributed by atoms with Crippen molar-refractivity contribution < 1.29 is 22.3 Å². The number of hydrogen-bond acceptors (Lipinski definition) is 6. The van der Waals surface area contributed by atoms with Gasteiger partial charge in [0.2, 0.25) is 0 Å². The van der Waals surface area contributed by atoms with Gasteiger partial charge in [0.1, 0.15) is 0 Å². The number of hydrogen-bond donors (Lipinski definition) is 1. The quantitative estimate of drug-likeness (QED) is 0.656. The molecule has 10 heteroatoms. The molecule has 1 amide bonds. The minimum Gasteiger partial charge on any atom is -0.459 e. The smallest absolute Gasteiger partial charge is 0.263 e. The van der Waals surface area contributed by atoms with Crippen LogP contribution < -0.4 is 15.0 Å². The molecule has 0 unspecified atom stereocenters. The summed E-state index contributed by atoms with van der Waals surface area (Å²) < 4.78 is 43.1. The topological polar surface area (TPSA) is 88.6 Å². The highest BCUT2D eigenvalue weighted by atomic mass is 35.5. The number of aromatic nitrogens is 1. The molecule has 0 saturated carbocycles. The third-order valence-electron chi connectivity index (χ3n) is 6.30. The number of carbonyl (C=O) groups is 1. The van der Waals surface area contributed by atoms with Crippen LogP contribution in [0.15, 0.2) is 41.4 Å². The Labute approximate surface area is 198 Å². The molecule has 2 aromatic rings. The largest absolute Gasteiger partial charge is 0.459 e. The van der Waals surface area contributed by atoms with E-state index < -0.39 is 21.3 Å². The van der Waals surface area contributed by atoms with Gasteiger partial charge in [-0.1, -0.05) is 11.6 Å². The fourth-order valence-corrected chi connectivity index (χ4v) is 5.48. The number of pyridine rings is 1. The Balaban J connectivity index is 1.41. The molecule has 2 fully saturated rings. The van der Waals surface area contributed by atoms with Crippen LogP contribution in [0.4, 0.5) is 10.1 Å². The Morgan fingerprint density at radius 3 is 2.36 bits per heavy atom. The summed E-state index contributed by atoms with van der Waals surface area (Å²) in [6, 6.07) is 8.54. The number of amides is 1. The summed E-state index contributed by atoms with van der Waals surface area (Å²) >= 11 is 5.73. The van der Waals surface area contributed by atoms with Gasteiger partial charge in [-0.3, -0.25) is 4.79 Å². The number of nitrogens with one attached hydrogen (secondary N) is 1. The van der Waals surface area contributed by atoms with Gasteiger partial charge in [0.25, 0.3) is 11.8 Å². The van der Waals surface area contributed by atoms with Crippen LogP contribution in [0.2, 0.25) is 5.02 Å². The van der Waals surface area contributed by atoms with E-state index in [4.69, 9.17) is 16.3 Å². The molecule has 0 radical (unpaired) electrons. The average molecular weight is 496 g/mol. The standard InChI is InChI=1S/C23H27ClFN3O4S/c1-23(2,32-21-20(25)10-14(24)13-26-21)22(29)27-15-11-17-4-5-18(12-15)28(17)16-6-8-19(9-7-16)33(3,30)31/h6-10,13,15,17-18H,4-5,11-12H2,1-3H3,(H,27,29)/t15-,17+,18-. The molecule has 1 aromatic heterocycles. The van der Waals surface area contributed by atoms with Gasteiger partial charge in [0.05, 0.1) is 9.92 Å². The predicted molar refractivity (Wildman–Crippen MR) is 124 cm³/mol. The van der Waals surface area contributed by atoms with Crippen molar-refractivity contribution in [1.29, 1.82) is 0 Å². The summed E-state index contributed by atoms with van der Waals surface area (Å²) in [5.74, 6) is -1.34. The number of benzene rings is 1. The van der Waals surface area contributed by atoms with Gasteiger partial charge in [-0.15, -0.1) is 0 Å². The summed E-state index contributed by atoms with van der Waals surface area (Å²) in [5.41, 5.74) is -0.327. The van der Waals surface area contributed by atoms with Gasteiger partial charge in [-0.2, -0.15) is 0 Å². The number of halogens is 2. The molecule has 4 rings (SSSR count). The second-order valence-electron chi connectivity index (χ2n) is 9.25. The highest BCUT2D eigenvalue weighted by molar-refractivity contribution is 7.90. The number of nitrogens with zero attached hydrogens (tertiary/aromatic N) is 2. The maximum atomic E-state index is 14.1. The monoisotopic (exact) mass is 495 g/mol. The first kappa shape index (κ1) is 23.8. The second kappa shape index (κ2) is 8.76. The minimum atomic E-state index is -3.24. The predicted octanol–water partition coefficient (Wildman–Crippen LogP) is 3.75. The number of piperidine rings is 1. The molecule has 0 aliphatic carbocycles. The van der Waals surface area contributed by atoms with Crippen molar-refractivity contribution in [2.75, 3.05) is 11.2 Å². The maximum Gasteiger partial charge on any atom is 0.263 e. The van der Waals surface area contributed by atoms with Crippen LogP contribution >= 0.6 is 11.6 Å². The van der Waals surface area contributed by atoms with Crippen molar-refractivity contribution in [2.45, 2.75) is 68.2 Å². The van der Waals surface area contributed by atoms with Crippen molar-refractivity contribution in [3.8, 4) is 5.88 Å². The van der Waals surface area contributed by atoms with E-state index in [-0.39, 0.29) is 34.9 Å². The zero-order valence-electron chi connectivity index (χ0n) is 18.7. The molecule has 3 heterocycles. The Kier molecular flexibility index (Phi) is 6.30. The molecule has 1 N–H and O–H groups in total. The van der Waals surface area contributed by atoms with Crippen molar-refractivity contribution in [2.24, 2.45) is 0 Å². The third kappa shape index (κ3) is 5.09. The van der Waals surface area contributed by atoms with Crippen LogP contribution in [0.1, 0.15) is 39.5 Å². The Morgan fingerprint density at radius 1 is 1.21 bits per heavy atom. The fourth-order valence-electron chi connectivity index (χ4n) is 4.71. The van der Waals surface area contributed by atoms with Crippen molar-refractivity contribution in [3.05, 3.63) is 47.4 Å². The van der Waals surface area contributed by atoms with Crippen LogP contribution in [-0.4, -0.2) is 49.3 Å². The van der Waals surface area contributed by atoms with Gasteiger partial charge in [-0.05, 0) is 69.9 Å². The molecule has 3 atom stereocenters. The summed E-state index contributed by atoms with van der Waals surface area (Å²) in [5, 5.41) is 3.21. The number of sulfone groups is 1. The highest BCUT2D eigenvalue weighted by Crippen LogP contribution is 2.39. The molecule has 0 spiro atoms. The van der Waals surface area contributed by atoms with Crippen LogP contribution in [-0.2, 0) is 14.6 Å². The lowest BCUT2D eigenvalue weighted by Crippen LogP contribution is -2.55.